The number of nitrogens with zero attached hydrogens (tertiary/aromatic N) is 1. The lowest BCUT2D eigenvalue weighted by atomic mass is 10.2. The van der Waals surface area contributed by atoms with Crippen molar-refractivity contribution in [1.82, 2.24) is 10.3 Å². The van der Waals surface area contributed by atoms with Crippen LogP contribution < -0.4 is 14.8 Å². The van der Waals surface area contributed by atoms with Gasteiger partial charge in [0.05, 0.1) is 14.0 Å². The maximum absolute atomic E-state index is 7.83. The van der Waals surface area contributed by atoms with E-state index >= 15 is 0 Å². The highest BCUT2D eigenvalue weighted by Gasteiger charge is 2.06. The van der Waals surface area contributed by atoms with Crippen LogP contribution in [0.5, 0.6) is 11.5 Å². The fourth-order valence-corrected chi connectivity index (χ4v) is 1.55. The predicted molar refractivity (Wildman–Crippen MR) is 67.7 cm³/mol. The summed E-state index contributed by atoms with van der Waals surface area (Å²) in [6.45, 7) is 1.31. The van der Waals surface area contributed by atoms with Gasteiger partial charge in [-0.25, -0.2) is 0 Å². The Labute approximate surface area is 102 Å². The molecule has 0 aliphatic rings. The third kappa shape index (κ3) is 2.65. The molecule has 0 saturated carbocycles. The van der Waals surface area contributed by atoms with Gasteiger partial charge < -0.3 is 14.8 Å². The molecule has 0 spiro atoms. The molecule has 0 aliphatic heterocycles. The van der Waals surface area contributed by atoms with Gasteiger partial charge in [-0.15, -0.1) is 0 Å². The first kappa shape index (κ1) is 10.4. The average Bonchev–Trinajstić information content (AvgIpc) is 2.39. The van der Waals surface area contributed by atoms with E-state index in [1.165, 1.54) is 0 Å². The van der Waals surface area contributed by atoms with Crippen molar-refractivity contribution in [2.75, 3.05) is 27.3 Å². The summed E-state index contributed by atoms with van der Waals surface area (Å²) in [6.07, 6.45) is 1.62. The Morgan fingerprint density at radius 1 is 1.41 bits per heavy atom. The second kappa shape index (κ2) is 5.50. The summed E-state index contributed by atoms with van der Waals surface area (Å²) in [6, 6.07) is 5.69. The first-order valence-electron chi connectivity index (χ1n) is 5.97. The summed E-state index contributed by atoms with van der Waals surface area (Å²) in [7, 11) is 3.46. The van der Waals surface area contributed by atoms with Gasteiger partial charge in [0.15, 0.2) is 11.5 Å². The zero-order valence-electron chi connectivity index (χ0n) is 11.0. The van der Waals surface area contributed by atoms with Gasteiger partial charge >= 0.3 is 0 Å². The molecule has 1 heterocycles. The number of aromatic nitrogens is 1. The molecule has 0 saturated heterocycles. The molecule has 0 fully saturated rings. The predicted octanol–water partition coefficient (Wildman–Crippen LogP) is 1.84. The monoisotopic (exact) mass is 233 g/mol. The maximum atomic E-state index is 7.83. The molecule has 0 atom stereocenters. The van der Waals surface area contributed by atoms with Crippen LogP contribution in [-0.2, 0) is 0 Å². The quantitative estimate of drug-likeness (QED) is 0.800. The minimum atomic E-state index is 0.431. The number of likely N-dealkylation sites (N-methyl/N-ethyl adjacent to an activating group) is 1. The number of hydrogen-bond acceptors (Lipinski definition) is 4. The van der Waals surface area contributed by atoms with Gasteiger partial charge in [0.1, 0.15) is 6.61 Å². The fraction of sp³-hybridized carbons (Fsp3) is 0.308. The van der Waals surface area contributed by atoms with Gasteiger partial charge in [-0.2, -0.15) is 0 Å². The molecule has 1 aromatic carbocycles. The summed E-state index contributed by atoms with van der Waals surface area (Å²) >= 11 is 0. The minimum Gasteiger partial charge on any atom is -0.493 e. The summed E-state index contributed by atoms with van der Waals surface area (Å²) in [4.78, 5) is 4.24. The molecular weight excluding hydrogens is 216 g/mol. The Bertz CT molecular complexity index is 546. The number of hydrogen-bond donors (Lipinski definition) is 1. The Balaban J connectivity index is 2.39. The van der Waals surface area contributed by atoms with Crippen molar-refractivity contribution in [3.63, 3.8) is 0 Å². The highest BCUT2D eigenvalue weighted by Crippen LogP contribution is 2.31. The zero-order valence-corrected chi connectivity index (χ0v) is 9.99. The summed E-state index contributed by atoms with van der Waals surface area (Å²) in [5.74, 6) is 1.28. The maximum Gasteiger partial charge on any atom is 0.163 e. The lowest BCUT2D eigenvalue weighted by Crippen LogP contribution is -2.16. The van der Waals surface area contributed by atoms with Crippen LogP contribution in [-0.4, -0.2) is 32.3 Å². The van der Waals surface area contributed by atoms with Crippen molar-refractivity contribution in [1.29, 1.82) is 0 Å². The molecule has 0 amide bonds. The fourth-order valence-electron chi connectivity index (χ4n) is 1.55. The first-order chi connectivity index (χ1) is 8.76. The lowest BCUT2D eigenvalue weighted by molar-refractivity contribution is 0.296. The van der Waals surface area contributed by atoms with E-state index in [1.54, 1.807) is 25.4 Å². The highest BCUT2D eigenvalue weighted by atomic mass is 16.5. The van der Waals surface area contributed by atoms with Crippen LogP contribution in [0.15, 0.2) is 30.4 Å². The summed E-state index contributed by atoms with van der Waals surface area (Å²) in [5.41, 5.74) is 0.739. The SMILES string of the molecule is [2H]c1ccnc2cc(OCCNC)c(OC)cc12. The normalized spacial score (nSPS) is 11.3. The standard InChI is InChI=1S/C13H16N2O2/c1-14-6-7-17-13-9-11-10(4-3-5-15-11)8-12(13)16-2/h3-5,8-9,14H,6-7H2,1-2H3/i4D. The molecular formula is C13H16N2O2. The molecule has 4 nitrogen and oxygen atoms in total. The van der Waals surface area contributed by atoms with Crippen LogP contribution in [0.3, 0.4) is 0 Å². The van der Waals surface area contributed by atoms with E-state index in [2.05, 4.69) is 10.3 Å². The van der Waals surface area contributed by atoms with Crippen molar-refractivity contribution in [2.45, 2.75) is 0 Å². The van der Waals surface area contributed by atoms with Crippen LogP contribution in [0.2, 0.25) is 0 Å². The van der Waals surface area contributed by atoms with Crippen molar-refractivity contribution in [3.8, 4) is 11.5 Å². The van der Waals surface area contributed by atoms with Crippen molar-refractivity contribution >= 4 is 10.9 Å². The van der Waals surface area contributed by atoms with E-state index in [-0.39, 0.29) is 0 Å². The molecule has 1 aromatic heterocycles. The van der Waals surface area contributed by atoms with Crippen LogP contribution in [0.1, 0.15) is 1.37 Å². The van der Waals surface area contributed by atoms with Crippen molar-refractivity contribution in [2.24, 2.45) is 0 Å². The Hall–Kier alpha value is -1.81. The first-order valence-corrected chi connectivity index (χ1v) is 5.47. The number of nitrogens with one attached hydrogen (secondary N) is 1. The third-order valence-electron chi connectivity index (χ3n) is 2.42. The van der Waals surface area contributed by atoms with E-state index in [1.807, 2.05) is 13.1 Å². The molecule has 0 radical (unpaired) electrons. The molecule has 90 valence electrons. The van der Waals surface area contributed by atoms with E-state index in [4.69, 9.17) is 10.8 Å². The summed E-state index contributed by atoms with van der Waals surface area (Å²) in [5, 5.41) is 3.77. The zero-order chi connectivity index (χ0) is 13.0. The highest BCUT2D eigenvalue weighted by molar-refractivity contribution is 5.82. The minimum absolute atomic E-state index is 0.431. The topological polar surface area (TPSA) is 43.4 Å². The van der Waals surface area contributed by atoms with Gasteiger partial charge in [0.2, 0.25) is 0 Å². The van der Waals surface area contributed by atoms with Crippen molar-refractivity contribution in [3.05, 3.63) is 30.4 Å². The largest absolute Gasteiger partial charge is 0.493 e. The molecule has 2 rings (SSSR count). The Kier molecular flexibility index (Phi) is 3.35. The number of methoxy groups -OCH3 is 1. The second-order valence-corrected chi connectivity index (χ2v) is 3.56. The second-order valence-electron chi connectivity index (χ2n) is 3.56. The Morgan fingerprint density at radius 2 is 2.29 bits per heavy atom. The van der Waals surface area contributed by atoms with E-state index in [0.717, 1.165) is 17.4 Å². The average molecular weight is 233 g/mol. The molecule has 4 heteroatoms. The van der Waals surface area contributed by atoms with Crippen LogP contribution in [0.25, 0.3) is 10.9 Å². The van der Waals surface area contributed by atoms with Gasteiger partial charge in [-0.1, -0.05) is 6.04 Å². The Morgan fingerprint density at radius 3 is 3.06 bits per heavy atom. The molecule has 2 aromatic rings. The number of ether oxygens (including phenoxy) is 2. The number of benzene rings is 1. The molecule has 0 bridgehead atoms. The van der Waals surface area contributed by atoms with Crippen molar-refractivity contribution < 1.29 is 10.8 Å². The lowest BCUT2D eigenvalue weighted by Gasteiger charge is -2.11. The van der Waals surface area contributed by atoms with Gasteiger partial charge in [0.25, 0.3) is 0 Å². The van der Waals surface area contributed by atoms with E-state index in [9.17, 15) is 0 Å². The van der Waals surface area contributed by atoms with Gasteiger partial charge in [-0.05, 0) is 19.2 Å². The number of rotatable bonds is 5. The van der Waals surface area contributed by atoms with Crippen LogP contribution >= 0.6 is 0 Å². The molecule has 0 aliphatic carbocycles. The molecule has 17 heavy (non-hydrogen) atoms. The van der Waals surface area contributed by atoms with Gasteiger partial charge in [-0.3, -0.25) is 4.98 Å². The number of fused-ring (bicyclic) bond motifs is 1. The third-order valence-corrected chi connectivity index (χ3v) is 2.42. The number of pyridine rings is 1. The smallest absolute Gasteiger partial charge is 0.163 e. The van der Waals surface area contributed by atoms with Gasteiger partial charge in [0, 0.05) is 24.2 Å². The van der Waals surface area contributed by atoms with E-state index < -0.39 is 0 Å². The summed E-state index contributed by atoms with van der Waals surface area (Å²) < 4.78 is 18.7. The van der Waals surface area contributed by atoms with Crippen LogP contribution in [0, 0.1) is 0 Å². The van der Waals surface area contributed by atoms with Crippen LogP contribution in [0.4, 0.5) is 0 Å². The molecule has 1 N–H and O–H groups in total. The molecule has 0 unspecified atom stereocenters. The van der Waals surface area contributed by atoms with E-state index in [0.29, 0.717) is 24.1 Å².